The van der Waals surface area contributed by atoms with Gasteiger partial charge in [0.1, 0.15) is 0 Å². The smallest absolute Gasteiger partial charge is 0.237 e. The van der Waals surface area contributed by atoms with E-state index in [9.17, 15) is 4.79 Å². The van der Waals surface area contributed by atoms with Gasteiger partial charge in [-0.3, -0.25) is 4.79 Å². The maximum absolute atomic E-state index is 11.0. The minimum Gasteiger partial charge on any atom is -0.368 e. The molecule has 0 bridgehead atoms. The fourth-order valence-corrected chi connectivity index (χ4v) is 1.54. The zero-order chi connectivity index (χ0) is 11.9. The van der Waals surface area contributed by atoms with Gasteiger partial charge < -0.3 is 16.4 Å². The van der Waals surface area contributed by atoms with E-state index < -0.39 is 11.4 Å². The van der Waals surface area contributed by atoms with Gasteiger partial charge in [0.25, 0.3) is 0 Å². The molecule has 0 radical (unpaired) electrons. The number of nitrogens with two attached hydrogens (primary N) is 2. The highest BCUT2D eigenvalue weighted by atomic mass is 16.1. The highest BCUT2D eigenvalue weighted by Gasteiger charge is 2.24. The Balaban J connectivity index is 3.81. The molecule has 4 nitrogen and oxygen atoms in total. The second-order valence-electron chi connectivity index (χ2n) is 4.32. The summed E-state index contributed by atoms with van der Waals surface area (Å²) in [5, 5.41) is 0. The molecule has 0 aliphatic heterocycles. The van der Waals surface area contributed by atoms with Crippen LogP contribution in [-0.2, 0) is 4.79 Å². The molecule has 1 atom stereocenters. The summed E-state index contributed by atoms with van der Waals surface area (Å²) in [6.07, 6.45) is 2.73. The Morgan fingerprint density at radius 3 is 2.33 bits per heavy atom. The van der Waals surface area contributed by atoms with Gasteiger partial charge in [0, 0.05) is 0 Å². The highest BCUT2D eigenvalue weighted by Crippen LogP contribution is 2.08. The monoisotopic (exact) mass is 215 g/mol. The van der Waals surface area contributed by atoms with Gasteiger partial charge in [0.2, 0.25) is 5.91 Å². The topological polar surface area (TPSA) is 72.3 Å². The van der Waals surface area contributed by atoms with Crippen molar-refractivity contribution >= 4 is 5.91 Å². The van der Waals surface area contributed by atoms with Crippen molar-refractivity contribution in [2.45, 2.75) is 45.6 Å². The Kier molecular flexibility index (Phi) is 6.52. The van der Waals surface area contributed by atoms with E-state index in [1.807, 2.05) is 0 Å². The first kappa shape index (κ1) is 14.4. The summed E-state index contributed by atoms with van der Waals surface area (Å²) in [6.45, 7) is 9.15. The average Bonchev–Trinajstić information content (AvgIpc) is 2.16. The van der Waals surface area contributed by atoms with E-state index in [2.05, 4.69) is 18.7 Å². The average molecular weight is 215 g/mol. The number of rotatable bonds is 8. The minimum atomic E-state index is -0.856. The Bertz CT molecular complexity index is 192. The van der Waals surface area contributed by atoms with E-state index in [-0.39, 0.29) is 0 Å². The van der Waals surface area contributed by atoms with Gasteiger partial charge in [-0.1, -0.05) is 13.8 Å². The van der Waals surface area contributed by atoms with Crippen LogP contribution in [0.3, 0.4) is 0 Å². The predicted octanol–water partition coefficient (Wildman–Crippen LogP) is 0.701. The molecular formula is C11H25N3O. The van der Waals surface area contributed by atoms with Gasteiger partial charge in [-0.2, -0.15) is 0 Å². The van der Waals surface area contributed by atoms with Gasteiger partial charge in [-0.25, -0.2) is 0 Å². The molecule has 0 aliphatic rings. The minimum absolute atomic E-state index is 0.416. The van der Waals surface area contributed by atoms with Crippen LogP contribution in [0.1, 0.15) is 40.0 Å². The Hall–Kier alpha value is -0.610. The number of hydrogen-bond acceptors (Lipinski definition) is 3. The number of nitrogens with zero attached hydrogens (tertiary/aromatic N) is 1. The van der Waals surface area contributed by atoms with E-state index in [0.29, 0.717) is 6.42 Å². The number of carbonyl (C=O) groups is 1. The van der Waals surface area contributed by atoms with Crippen LogP contribution >= 0.6 is 0 Å². The number of amides is 1. The van der Waals surface area contributed by atoms with E-state index in [1.165, 1.54) is 0 Å². The first-order chi connectivity index (χ1) is 6.94. The van der Waals surface area contributed by atoms with Crippen LogP contribution in [0.5, 0.6) is 0 Å². The molecule has 0 fully saturated rings. The zero-order valence-corrected chi connectivity index (χ0v) is 10.3. The second kappa shape index (κ2) is 6.80. The van der Waals surface area contributed by atoms with E-state index >= 15 is 0 Å². The lowest BCUT2D eigenvalue weighted by Gasteiger charge is -2.24. The lowest BCUT2D eigenvalue weighted by atomic mass is 9.96. The maximum atomic E-state index is 11.0. The molecule has 1 unspecified atom stereocenters. The van der Waals surface area contributed by atoms with Crippen molar-refractivity contribution in [2.24, 2.45) is 11.5 Å². The van der Waals surface area contributed by atoms with Gasteiger partial charge in [0.15, 0.2) is 0 Å². The Labute approximate surface area is 93.0 Å². The van der Waals surface area contributed by atoms with E-state index in [1.54, 1.807) is 6.92 Å². The molecule has 0 saturated heterocycles. The van der Waals surface area contributed by atoms with Crippen LogP contribution in [0.15, 0.2) is 0 Å². The summed E-state index contributed by atoms with van der Waals surface area (Å²) >= 11 is 0. The Morgan fingerprint density at radius 1 is 1.33 bits per heavy atom. The van der Waals surface area contributed by atoms with Crippen LogP contribution in [0.2, 0.25) is 0 Å². The normalized spacial score (nSPS) is 15.3. The summed E-state index contributed by atoms with van der Waals surface area (Å²) in [5.41, 5.74) is 10.1. The molecular weight excluding hydrogens is 190 g/mol. The second-order valence-corrected chi connectivity index (χ2v) is 4.32. The van der Waals surface area contributed by atoms with Crippen molar-refractivity contribution in [1.29, 1.82) is 0 Å². The van der Waals surface area contributed by atoms with Crippen molar-refractivity contribution in [3.63, 3.8) is 0 Å². The summed E-state index contributed by atoms with van der Waals surface area (Å²) in [6, 6.07) is 0. The van der Waals surface area contributed by atoms with Crippen molar-refractivity contribution in [2.75, 3.05) is 19.6 Å². The molecule has 0 aromatic carbocycles. The molecule has 0 spiro atoms. The molecule has 1 amide bonds. The van der Waals surface area contributed by atoms with Crippen molar-refractivity contribution in [3.8, 4) is 0 Å². The lowest BCUT2D eigenvalue weighted by Crippen LogP contribution is -2.49. The quantitative estimate of drug-likeness (QED) is 0.626. The first-order valence-corrected chi connectivity index (χ1v) is 5.75. The molecule has 0 aromatic rings. The molecule has 15 heavy (non-hydrogen) atoms. The SMILES string of the molecule is CCCN(CC)CCCC(C)(N)C(N)=O. The number of primary amides is 1. The third-order valence-electron chi connectivity index (χ3n) is 2.72. The third kappa shape index (κ3) is 5.74. The van der Waals surface area contributed by atoms with E-state index in [0.717, 1.165) is 32.5 Å². The van der Waals surface area contributed by atoms with Crippen LogP contribution in [0.25, 0.3) is 0 Å². The molecule has 90 valence electrons. The molecule has 0 heterocycles. The van der Waals surface area contributed by atoms with Gasteiger partial charge in [0.05, 0.1) is 5.54 Å². The highest BCUT2D eigenvalue weighted by molar-refractivity contribution is 5.83. The predicted molar refractivity (Wildman–Crippen MR) is 63.4 cm³/mol. The van der Waals surface area contributed by atoms with Crippen LogP contribution < -0.4 is 11.5 Å². The van der Waals surface area contributed by atoms with Gasteiger partial charge in [-0.15, -0.1) is 0 Å². The van der Waals surface area contributed by atoms with Crippen LogP contribution in [0.4, 0.5) is 0 Å². The fraction of sp³-hybridized carbons (Fsp3) is 0.909. The van der Waals surface area contributed by atoms with Crippen molar-refractivity contribution in [1.82, 2.24) is 4.90 Å². The number of carbonyl (C=O) groups excluding carboxylic acids is 1. The fourth-order valence-electron chi connectivity index (χ4n) is 1.54. The lowest BCUT2D eigenvalue weighted by molar-refractivity contribution is -0.122. The molecule has 0 aliphatic carbocycles. The Morgan fingerprint density at radius 2 is 1.93 bits per heavy atom. The standard InChI is InChI=1S/C11H25N3O/c1-4-8-14(5-2)9-6-7-11(3,13)10(12)15/h4-9,13H2,1-3H3,(H2,12,15). The number of hydrogen-bond donors (Lipinski definition) is 2. The molecule has 0 saturated carbocycles. The van der Waals surface area contributed by atoms with Gasteiger partial charge >= 0.3 is 0 Å². The summed E-state index contributed by atoms with van der Waals surface area (Å²) < 4.78 is 0. The summed E-state index contributed by atoms with van der Waals surface area (Å²) in [7, 11) is 0. The van der Waals surface area contributed by atoms with Crippen LogP contribution in [0, 0.1) is 0 Å². The van der Waals surface area contributed by atoms with Crippen molar-refractivity contribution < 1.29 is 4.79 Å². The third-order valence-corrected chi connectivity index (χ3v) is 2.72. The molecule has 4 heteroatoms. The van der Waals surface area contributed by atoms with E-state index in [4.69, 9.17) is 11.5 Å². The van der Waals surface area contributed by atoms with Crippen LogP contribution in [-0.4, -0.2) is 36.0 Å². The first-order valence-electron chi connectivity index (χ1n) is 5.75. The largest absolute Gasteiger partial charge is 0.368 e. The molecule has 4 N–H and O–H groups in total. The molecule has 0 aromatic heterocycles. The maximum Gasteiger partial charge on any atom is 0.237 e. The zero-order valence-electron chi connectivity index (χ0n) is 10.3. The van der Waals surface area contributed by atoms with Gasteiger partial charge in [-0.05, 0) is 45.8 Å². The molecule has 0 rings (SSSR count). The summed E-state index contributed by atoms with van der Waals surface area (Å²) in [5.74, 6) is -0.416. The van der Waals surface area contributed by atoms with Crippen molar-refractivity contribution in [3.05, 3.63) is 0 Å². The summed E-state index contributed by atoms with van der Waals surface area (Å²) in [4.78, 5) is 13.3.